The van der Waals surface area contributed by atoms with Gasteiger partial charge in [0.1, 0.15) is 0 Å². The Labute approximate surface area is 106 Å². The molecule has 0 aliphatic heterocycles. The molecule has 0 atom stereocenters. The molecule has 0 saturated heterocycles. The summed E-state index contributed by atoms with van der Waals surface area (Å²) in [5, 5.41) is 3.12. The SMILES string of the molecule is C=CCSCCNc1nc(OC)cc(OC)n1. The van der Waals surface area contributed by atoms with Gasteiger partial charge in [0.2, 0.25) is 17.7 Å². The Bertz CT molecular complexity index is 338. The van der Waals surface area contributed by atoms with E-state index >= 15 is 0 Å². The number of anilines is 1. The number of thioether (sulfide) groups is 1. The van der Waals surface area contributed by atoms with Crippen LogP contribution in [0.3, 0.4) is 0 Å². The molecule has 0 saturated carbocycles. The first-order chi connectivity index (χ1) is 8.30. The summed E-state index contributed by atoms with van der Waals surface area (Å²) in [7, 11) is 3.12. The van der Waals surface area contributed by atoms with E-state index in [0.717, 1.165) is 18.1 Å². The average molecular weight is 255 g/mol. The zero-order valence-electron chi connectivity index (χ0n) is 10.1. The number of nitrogens with one attached hydrogen (secondary N) is 1. The van der Waals surface area contributed by atoms with E-state index in [0.29, 0.717) is 17.7 Å². The van der Waals surface area contributed by atoms with Gasteiger partial charge in [-0.05, 0) is 0 Å². The standard InChI is InChI=1S/C11H17N3O2S/c1-4-6-17-7-5-12-11-13-9(15-2)8-10(14-11)16-3/h4,8H,1,5-7H2,2-3H3,(H,12,13,14). The van der Waals surface area contributed by atoms with Crippen LogP contribution in [0.5, 0.6) is 11.8 Å². The third-order valence-electron chi connectivity index (χ3n) is 1.86. The van der Waals surface area contributed by atoms with Gasteiger partial charge in [-0.25, -0.2) is 0 Å². The van der Waals surface area contributed by atoms with E-state index in [1.807, 2.05) is 6.08 Å². The van der Waals surface area contributed by atoms with E-state index in [4.69, 9.17) is 9.47 Å². The van der Waals surface area contributed by atoms with Crippen molar-refractivity contribution in [2.45, 2.75) is 0 Å². The summed E-state index contributed by atoms with van der Waals surface area (Å²) in [6.45, 7) is 4.45. The van der Waals surface area contributed by atoms with Gasteiger partial charge in [-0.2, -0.15) is 21.7 Å². The van der Waals surface area contributed by atoms with Crippen molar-refractivity contribution < 1.29 is 9.47 Å². The molecule has 6 heteroatoms. The van der Waals surface area contributed by atoms with E-state index in [1.54, 1.807) is 32.0 Å². The molecule has 1 heterocycles. The predicted molar refractivity (Wildman–Crippen MR) is 71.1 cm³/mol. The van der Waals surface area contributed by atoms with Crippen LogP contribution in [0.15, 0.2) is 18.7 Å². The zero-order chi connectivity index (χ0) is 12.5. The summed E-state index contributed by atoms with van der Waals surface area (Å²) in [5.74, 6) is 3.40. The topological polar surface area (TPSA) is 56.3 Å². The second-order valence-corrected chi connectivity index (χ2v) is 4.22. The molecular weight excluding hydrogens is 238 g/mol. The van der Waals surface area contributed by atoms with Crippen molar-refractivity contribution in [1.29, 1.82) is 0 Å². The van der Waals surface area contributed by atoms with Crippen molar-refractivity contribution in [3.8, 4) is 11.8 Å². The monoisotopic (exact) mass is 255 g/mol. The molecule has 0 aliphatic rings. The molecule has 1 N–H and O–H groups in total. The fourth-order valence-corrected chi connectivity index (χ4v) is 1.67. The highest BCUT2D eigenvalue weighted by Gasteiger charge is 2.04. The molecule has 17 heavy (non-hydrogen) atoms. The van der Waals surface area contributed by atoms with Gasteiger partial charge in [0.25, 0.3) is 0 Å². The molecule has 0 amide bonds. The largest absolute Gasteiger partial charge is 0.481 e. The van der Waals surface area contributed by atoms with E-state index in [-0.39, 0.29) is 0 Å². The predicted octanol–water partition coefficient (Wildman–Crippen LogP) is 1.82. The van der Waals surface area contributed by atoms with Crippen LogP contribution in [0.2, 0.25) is 0 Å². The van der Waals surface area contributed by atoms with Crippen molar-refractivity contribution >= 4 is 17.7 Å². The van der Waals surface area contributed by atoms with Crippen LogP contribution in [0, 0.1) is 0 Å². The highest BCUT2D eigenvalue weighted by molar-refractivity contribution is 7.99. The molecule has 94 valence electrons. The fraction of sp³-hybridized carbons (Fsp3) is 0.455. The number of hydrogen-bond acceptors (Lipinski definition) is 6. The Morgan fingerprint density at radius 1 is 1.35 bits per heavy atom. The molecular formula is C11H17N3O2S. The van der Waals surface area contributed by atoms with Gasteiger partial charge in [0.15, 0.2) is 0 Å². The van der Waals surface area contributed by atoms with E-state index in [9.17, 15) is 0 Å². The number of hydrogen-bond donors (Lipinski definition) is 1. The lowest BCUT2D eigenvalue weighted by molar-refractivity contribution is 0.373. The second kappa shape index (κ2) is 7.78. The minimum atomic E-state index is 0.484. The Hall–Kier alpha value is -1.43. The normalized spacial score (nSPS) is 9.76. The summed E-state index contributed by atoms with van der Waals surface area (Å²) in [6.07, 6.45) is 1.88. The molecule has 1 aromatic heterocycles. The smallest absolute Gasteiger partial charge is 0.229 e. The Morgan fingerprint density at radius 3 is 2.53 bits per heavy atom. The van der Waals surface area contributed by atoms with Crippen LogP contribution in [0.4, 0.5) is 5.95 Å². The van der Waals surface area contributed by atoms with Crippen molar-refractivity contribution in [2.24, 2.45) is 0 Å². The molecule has 0 bridgehead atoms. The number of aromatic nitrogens is 2. The molecule has 5 nitrogen and oxygen atoms in total. The second-order valence-electron chi connectivity index (χ2n) is 3.07. The Kier molecular flexibility index (Phi) is 6.24. The number of rotatable bonds is 8. The average Bonchev–Trinajstić information content (AvgIpc) is 2.38. The van der Waals surface area contributed by atoms with Crippen LogP contribution < -0.4 is 14.8 Å². The Balaban J connectivity index is 2.48. The van der Waals surface area contributed by atoms with Crippen LogP contribution in [-0.4, -0.2) is 42.2 Å². The first kappa shape index (κ1) is 13.6. The van der Waals surface area contributed by atoms with E-state index in [1.165, 1.54) is 0 Å². The molecule has 0 aromatic carbocycles. The fourth-order valence-electron chi connectivity index (χ4n) is 1.09. The molecule has 0 fully saturated rings. The lowest BCUT2D eigenvalue weighted by Gasteiger charge is -2.07. The summed E-state index contributed by atoms with van der Waals surface area (Å²) in [5.41, 5.74) is 0. The summed E-state index contributed by atoms with van der Waals surface area (Å²) >= 11 is 1.79. The maximum absolute atomic E-state index is 5.05. The van der Waals surface area contributed by atoms with Gasteiger partial charge in [-0.3, -0.25) is 0 Å². The number of ether oxygens (including phenoxy) is 2. The van der Waals surface area contributed by atoms with Crippen LogP contribution in [0.25, 0.3) is 0 Å². The Morgan fingerprint density at radius 2 is 2.00 bits per heavy atom. The molecule has 0 unspecified atom stereocenters. The maximum Gasteiger partial charge on any atom is 0.229 e. The molecule has 1 aromatic rings. The molecule has 0 spiro atoms. The van der Waals surface area contributed by atoms with Crippen molar-refractivity contribution in [1.82, 2.24) is 9.97 Å². The minimum Gasteiger partial charge on any atom is -0.481 e. The number of nitrogens with zero attached hydrogens (tertiary/aromatic N) is 2. The van der Waals surface area contributed by atoms with Gasteiger partial charge < -0.3 is 14.8 Å². The highest BCUT2D eigenvalue weighted by atomic mass is 32.2. The third kappa shape index (κ3) is 4.95. The molecule has 1 rings (SSSR count). The van der Waals surface area contributed by atoms with E-state index in [2.05, 4.69) is 21.9 Å². The van der Waals surface area contributed by atoms with Gasteiger partial charge in [-0.15, -0.1) is 6.58 Å². The van der Waals surface area contributed by atoms with Crippen molar-refractivity contribution in [2.75, 3.05) is 37.6 Å². The van der Waals surface area contributed by atoms with Gasteiger partial charge in [0, 0.05) is 18.1 Å². The zero-order valence-corrected chi connectivity index (χ0v) is 10.9. The summed E-state index contributed by atoms with van der Waals surface area (Å²) in [4.78, 5) is 8.33. The maximum atomic E-state index is 5.05. The van der Waals surface area contributed by atoms with Crippen LogP contribution in [-0.2, 0) is 0 Å². The van der Waals surface area contributed by atoms with Crippen molar-refractivity contribution in [3.63, 3.8) is 0 Å². The summed E-state index contributed by atoms with van der Waals surface area (Å²) in [6, 6.07) is 1.64. The van der Waals surface area contributed by atoms with E-state index < -0.39 is 0 Å². The quantitative estimate of drug-likeness (QED) is 0.565. The number of methoxy groups -OCH3 is 2. The first-order valence-electron chi connectivity index (χ1n) is 5.19. The first-order valence-corrected chi connectivity index (χ1v) is 6.35. The molecule has 0 aliphatic carbocycles. The lowest BCUT2D eigenvalue weighted by atomic mass is 10.6. The van der Waals surface area contributed by atoms with Gasteiger partial charge in [-0.1, -0.05) is 6.08 Å². The molecule has 0 radical (unpaired) electrons. The van der Waals surface area contributed by atoms with Gasteiger partial charge >= 0.3 is 0 Å². The van der Waals surface area contributed by atoms with Crippen molar-refractivity contribution in [3.05, 3.63) is 18.7 Å². The summed E-state index contributed by atoms with van der Waals surface area (Å²) < 4.78 is 10.1. The van der Waals surface area contributed by atoms with Gasteiger partial charge in [0.05, 0.1) is 20.3 Å². The van der Waals surface area contributed by atoms with Crippen LogP contribution in [0.1, 0.15) is 0 Å². The third-order valence-corrected chi connectivity index (χ3v) is 2.83. The minimum absolute atomic E-state index is 0.484. The highest BCUT2D eigenvalue weighted by Crippen LogP contribution is 2.17. The lowest BCUT2D eigenvalue weighted by Crippen LogP contribution is -2.08. The van der Waals surface area contributed by atoms with Crippen LogP contribution >= 0.6 is 11.8 Å².